The standard InChI is InChI=1S/C18H18Cl2N2O4S/c19-13-6-7-16(20)17(10-13)26-12-18(23)21-14-4-3-5-15(11-14)27(24,25)22-8-1-2-9-22/h3-7,10-11H,1-2,8-9,12H2,(H,21,23). The van der Waals surface area contributed by atoms with E-state index in [4.69, 9.17) is 27.9 Å². The van der Waals surface area contributed by atoms with Crippen LogP contribution in [0.5, 0.6) is 5.75 Å². The summed E-state index contributed by atoms with van der Waals surface area (Å²) < 4.78 is 32.1. The Kier molecular flexibility index (Phi) is 6.26. The van der Waals surface area contributed by atoms with E-state index in [2.05, 4.69) is 5.32 Å². The van der Waals surface area contributed by atoms with Gasteiger partial charge in [0.2, 0.25) is 10.0 Å². The van der Waals surface area contributed by atoms with Crippen LogP contribution in [0.3, 0.4) is 0 Å². The first-order chi connectivity index (χ1) is 12.9. The Bertz CT molecular complexity index is 944. The molecule has 0 aliphatic carbocycles. The molecule has 1 fully saturated rings. The molecule has 6 nitrogen and oxygen atoms in total. The van der Waals surface area contributed by atoms with Gasteiger partial charge in [-0.15, -0.1) is 0 Å². The molecule has 1 saturated heterocycles. The first-order valence-corrected chi connectivity index (χ1v) is 10.5. The predicted molar refractivity (Wildman–Crippen MR) is 105 cm³/mol. The second-order valence-corrected chi connectivity index (χ2v) is 8.83. The van der Waals surface area contributed by atoms with Gasteiger partial charge in [0.05, 0.1) is 9.92 Å². The van der Waals surface area contributed by atoms with E-state index in [1.54, 1.807) is 24.3 Å². The lowest BCUT2D eigenvalue weighted by molar-refractivity contribution is -0.118. The smallest absolute Gasteiger partial charge is 0.262 e. The van der Waals surface area contributed by atoms with Gasteiger partial charge in [-0.25, -0.2) is 8.42 Å². The van der Waals surface area contributed by atoms with Gasteiger partial charge < -0.3 is 10.1 Å². The number of anilines is 1. The zero-order valence-corrected chi connectivity index (χ0v) is 16.6. The van der Waals surface area contributed by atoms with E-state index in [9.17, 15) is 13.2 Å². The largest absolute Gasteiger partial charge is 0.482 e. The van der Waals surface area contributed by atoms with Crippen molar-refractivity contribution in [1.29, 1.82) is 0 Å². The van der Waals surface area contributed by atoms with E-state index >= 15 is 0 Å². The van der Waals surface area contributed by atoms with Crippen molar-refractivity contribution in [2.45, 2.75) is 17.7 Å². The quantitative estimate of drug-likeness (QED) is 0.758. The maximum Gasteiger partial charge on any atom is 0.262 e. The molecule has 1 aliphatic heterocycles. The van der Waals surface area contributed by atoms with E-state index in [1.165, 1.54) is 22.5 Å². The van der Waals surface area contributed by atoms with Crippen molar-refractivity contribution < 1.29 is 17.9 Å². The number of amides is 1. The number of sulfonamides is 1. The summed E-state index contributed by atoms with van der Waals surface area (Å²) in [6, 6.07) is 10.9. The van der Waals surface area contributed by atoms with Crippen molar-refractivity contribution in [2.24, 2.45) is 0 Å². The van der Waals surface area contributed by atoms with Crippen LogP contribution in [0.4, 0.5) is 5.69 Å². The molecular weight excluding hydrogens is 411 g/mol. The van der Waals surface area contributed by atoms with Gasteiger partial charge in [0.25, 0.3) is 5.91 Å². The number of hydrogen-bond donors (Lipinski definition) is 1. The molecular formula is C18H18Cl2N2O4S. The van der Waals surface area contributed by atoms with Crippen molar-refractivity contribution in [3.63, 3.8) is 0 Å². The highest BCUT2D eigenvalue weighted by Gasteiger charge is 2.27. The predicted octanol–water partition coefficient (Wildman–Crippen LogP) is 3.80. The highest BCUT2D eigenvalue weighted by atomic mass is 35.5. The molecule has 0 atom stereocenters. The van der Waals surface area contributed by atoms with Gasteiger partial charge in [-0.2, -0.15) is 4.31 Å². The van der Waals surface area contributed by atoms with Gasteiger partial charge >= 0.3 is 0 Å². The number of halogens is 2. The summed E-state index contributed by atoms with van der Waals surface area (Å²) in [4.78, 5) is 12.3. The van der Waals surface area contributed by atoms with Crippen LogP contribution in [0.15, 0.2) is 47.4 Å². The number of benzene rings is 2. The van der Waals surface area contributed by atoms with Gasteiger partial charge in [-0.3, -0.25) is 4.79 Å². The molecule has 0 saturated carbocycles. The van der Waals surface area contributed by atoms with E-state index in [-0.39, 0.29) is 11.5 Å². The van der Waals surface area contributed by atoms with Gasteiger partial charge in [-0.05, 0) is 43.2 Å². The third-order valence-corrected chi connectivity index (χ3v) is 6.51. The molecule has 0 aromatic heterocycles. The highest BCUT2D eigenvalue weighted by Crippen LogP contribution is 2.28. The topological polar surface area (TPSA) is 75.7 Å². The lowest BCUT2D eigenvalue weighted by Crippen LogP contribution is -2.28. The molecule has 0 radical (unpaired) electrons. The number of hydrogen-bond acceptors (Lipinski definition) is 4. The molecule has 27 heavy (non-hydrogen) atoms. The number of carbonyl (C=O) groups is 1. The molecule has 1 aliphatic rings. The second-order valence-electron chi connectivity index (χ2n) is 6.05. The van der Waals surface area contributed by atoms with Crippen molar-refractivity contribution in [1.82, 2.24) is 4.31 Å². The highest BCUT2D eigenvalue weighted by molar-refractivity contribution is 7.89. The summed E-state index contributed by atoms with van der Waals surface area (Å²) in [6.45, 7) is 0.753. The fourth-order valence-corrected chi connectivity index (χ4v) is 4.64. The number of nitrogens with zero attached hydrogens (tertiary/aromatic N) is 1. The van der Waals surface area contributed by atoms with Crippen LogP contribution in [0.2, 0.25) is 10.0 Å². The van der Waals surface area contributed by atoms with Crippen LogP contribution in [0, 0.1) is 0 Å². The number of ether oxygens (including phenoxy) is 1. The third kappa shape index (κ3) is 4.93. The van der Waals surface area contributed by atoms with Gasteiger partial charge in [0, 0.05) is 29.9 Å². The van der Waals surface area contributed by atoms with Crippen LogP contribution < -0.4 is 10.1 Å². The zero-order chi connectivity index (χ0) is 19.4. The van der Waals surface area contributed by atoms with Gasteiger partial charge in [-0.1, -0.05) is 29.3 Å². The average Bonchev–Trinajstić information content (AvgIpc) is 3.18. The van der Waals surface area contributed by atoms with Crippen LogP contribution in [0.1, 0.15) is 12.8 Å². The van der Waals surface area contributed by atoms with E-state index in [0.29, 0.717) is 34.6 Å². The maximum atomic E-state index is 12.6. The van der Waals surface area contributed by atoms with Crippen molar-refractivity contribution >= 4 is 44.8 Å². The molecule has 0 unspecified atom stereocenters. The minimum Gasteiger partial charge on any atom is -0.482 e. The molecule has 2 aromatic rings. The summed E-state index contributed by atoms with van der Waals surface area (Å²) in [5.41, 5.74) is 0.376. The van der Waals surface area contributed by atoms with Crippen molar-refractivity contribution in [3.05, 3.63) is 52.5 Å². The molecule has 9 heteroatoms. The number of carbonyl (C=O) groups excluding carboxylic acids is 1. The van der Waals surface area contributed by atoms with E-state index < -0.39 is 15.9 Å². The fraction of sp³-hybridized carbons (Fsp3) is 0.278. The Hall–Kier alpha value is -1.80. The summed E-state index contributed by atoms with van der Waals surface area (Å²) in [5, 5.41) is 3.40. The lowest BCUT2D eigenvalue weighted by atomic mass is 10.3. The Morgan fingerprint density at radius 2 is 1.85 bits per heavy atom. The van der Waals surface area contributed by atoms with Crippen LogP contribution in [-0.2, 0) is 14.8 Å². The minimum absolute atomic E-state index is 0.154. The minimum atomic E-state index is -3.54. The summed E-state index contributed by atoms with van der Waals surface area (Å²) >= 11 is 11.9. The van der Waals surface area contributed by atoms with Crippen molar-refractivity contribution in [2.75, 3.05) is 25.0 Å². The molecule has 1 N–H and O–H groups in total. The molecule has 2 aromatic carbocycles. The van der Waals surface area contributed by atoms with E-state index in [1.807, 2.05) is 0 Å². The molecule has 1 heterocycles. The molecule has 0 spiro atoms. The lowest BCUT2D eigenvalue weighted by Gasteiger charge is -2.16. The Balaban J connectivity index is 1.65. The monoisotopic (exact) mass is 428 g/mol. The third-order valence-electron chi connectivity index (χ3n) is 4.07. The normalized spacial score (nSPS) is 14.9. The molecule has 1 amide bonds. The molecule has 144 valence electrons. The molecule has 0 bridgehead atoms. The SMILES string of the molecule is O=C(COc1cc(Cl)ccc1Cl)Nc1cccc(S(=O)(=O)N2CCCC2)c1. The van der Waals surface area contributed by atoms with Crippen molar-refractivity contribution in [3.8, 4) is 5.75 Å². The van der Waals surface area contributed by atoms with Crippen LogP contribution >= 0.6 is 23.2 Å². The maximum absolute atomic E-state index is 12.6. The Labute approximate surface area is 168 Å². The number of nitrogens with one attached hydrogen (secondary N) is 1. The Morgan fingerprint density at radius 1 is 1.11 bits per heavy atom. The number of rotatable bonds is 6. The first kappa shape index (κ1) is 19.9. The summed E-state index contributed by atoms with van der Waals surface area (Å²) in [7, 11) is -3.54. The van der Waals surface area contributed by atoms with Crippen LogP contribution in [-0.4, -0.2) is 38.3 Å². The fourth-order valence-electron chi connectivity index (χ4n) is 2.74. The summed E-state index contributed by atoms with van der Waals surface area (Å²) in [6.07, 6.45) is 1.72. The Morgan fingerprint density at radius 3 is 2.59 bits per heavy atom. The molecule has 3 rings (SSSR count). The zero-order valence-electron chi connectivity index (χ0n) is 14.3. The summed E-state index contributed by atoms with van der Waals surface area (Å²) in [5.74, 6) is -0.147. The van der Waals surface area contributed by atoms with E-state index in [0.717, 1.165) is 12.8 Å². The second kappa shape index (κ2) is 8.48. The average molecular weight is 429 g/mol. The van der Waals surface area contributed by atoms with Gasteiger partial charge in [0.15, 0.2) is 6.61 Å². The first-order valence-electron chi connectivity index (χ1n) is 8.34. The van der Waals surface area contributed by atoms with Gasteiger partial charge in [0.1, 0.15) is 5.75 Å². The van der Waals surface area contributed by atoms with Crippen LogP contribution in [0.25, 0.3) is 0 Å².